The minimum atomic E-state index is -3.77. The summed E-state index contributed by atoms with van der Waals surface area (Å²) in [5.41, 5.74) is 0.781. The third-order valence-electron chi connectivity index (χ3n) is 3.61. The molecule has 25 heavy (non-hydrogen) atoms. The average molecular weight is 366 g/mol. The number of carbonyl (C=O) groups excluding carboxylic acids is 1. The SMILES string of the molecule is COc1ccc(C(=O)OCc2cc(C)no2)cc1S(=O)(=O)NC1CC1. The Bertz CT molecular complexity index is 886. The van der Waals surface area contributed by atoms with E-state index in [0.29, 0.717) is 11.5 Å². The van der Waals surface area contributed by atoms with Crippen LogP contribution in [0.4, 0.5) is 0 Å². The van der Waals surface area contributed by atoms with Crippen molar-refractivity contribution in [1.82, 2.24) is 9.88 Å². The van der Waals surface area contributed by atoms with Crippen LogP contribution in [0.3, 0.4) is 0 Å². The molecule has 0 unspecified atom stereocenters. The van der Waals surface area contributed by atoms with Gasteiger partial charge in [0.05, 0.1) is 18.4 Å². The number of hydrogen-bond acceptors (Lipinski definition) is 7. The fourth-order valence-electron chi connectivity index (χ4n) is 2.20. The number of nitrogens with zero attached hydrogens (tertiary/aromatic N) is 1. The highest BCUT2D eigenvalue weighted by atomic mass is 32.2. The van der Waals surface area contributed by atoms with Crippen LogP contribution in [0.1, 0.15) is 34.7 Å². The number of aryl methyl sites for hydroxylation is 1. The lowest BCUT2D eigenvalue weighted by Crippen LogP contribution is -2.26. The van der Waals surface area contributed by atoms with E-state index >= 15 is 0 Å². The number of nitrogens with one attached hydrogen (secondary N) is 1. The van der Waals surface area contributed by atoms with Gasteiger partial charge >= 0.3 is 5.97 Å². The van der Waals surface area contributed by atoms with Crippen LogP contribution in [-0.4, -0.2) is 32.7 Å². The molecule has 0 saturated heterocycles. The third kappa shape index (κ3) is 4.18. The van der Waals surface area contributed by atoms with Gasteiger partial charge in [-0.05, 0) is 38.0 Å². The number of ether oxygens (including phenoxy) is 2. The van der Waals surface area contributed by atoms with E-state index in [1.807, 2.05) is 0 Å². The molecule has 1 saturated carbocycles. The molecule has 0 bridgehead atoms. The van der Waals surface area contributed by atoms with Gasteiger partial charge in [-0.2, -0.15) is 0 Å². The Hall–Kier alpha value is -2.39. The van der Waals surface area contributed by atoms with Gasteiger partial charge in [0.25, 0.3) is 0 Å². The molecule has 1 aliphatic rings. The van der Waals surface area contributed by atoms with E-state index in [1.165, 1.54) is 25.3 Å². The van der Waals surface area contributed by atoms with Crippen LogP contribution in [0, 0.1) is 6.92 Å². The molecule has 0 radical (unpaired) electrons. The van der Waals surface area contributed by atoms with Crippen LogP contribution < -0.4 is 9.46 Å². The van der Waals surface area contributed by atoms with Crippen LogP contribution in [0.2, 0.25) is 0 Å². The van der Waals surface area contributed by atoms with E-state index < -0.39 is 16.0 Å². The fraction of sp³-hybridized carbons (Fsp3) is 0.375. The number of methoxy groups -OCH3 is 1. The van der Waals surface area contributed by atoms with E-state index in [9.17, 15) is 13.2 Å². The molecular formula is C16H18N2O6S. The van der Waals surface area contributed by atoms with Crippen molar-refractivity contribution in [3.8, 4) is 5.75 Å². The Labute approximate surface area is 145 Å². The number of benzene rings is 1. The fourth-order valence-corrected chi connectivity index (χ4v) is 3.70. The normalized spacial score (nSPS) is 14.3. The van der Waals surface area contributed by atoms with Gasteiger partial charge in [0.2, 0.25) is 10.0 Å². The summed E-state index contributed by atoms with van der Waals surface area (Å²) in [6.45, 7) is 1.66. The molecule has 1 aromatic heterocycles. The van der Waals surface area contributed by atoms with Crippen LogP contribution in [-0.2, 0) is 21.4 Å². The largest absolute Gasteiger partial charge is 0.495 e. The van der Waals surface area contributed by atoms with Crippen molar-refractivity contribution in [2.24, 2.45) is 0 Å². The van der Waals surface area contributed by atoms with E-state index in [-0.39, 0.29) is 28.9 Å². The van der Waals surface area contributed by atoms with Gasteiger partial charge in [0.15, 0.2) is 12.4 Å². The smallest absolute Gasteiger partial charge is 0.338 e. The van der Waals surface area contributed by atoms with Gasteiger partial charge in [0.1, 0.15) is 10.6 Å². The zero-order valence-corrected chi connectivity index (χ0v) is 14.6. The topological polar surface area (TPSA) is 108 Å². The lowest BCUT2D eigenvalue weighted by Gasteiger charge is -2.11. The summed E-state index contributed by atoms with van der Waals surface area (Å²) in [4.78, 5) is 12.1. The predicted molar refractivity (Wildman–Crippen MR) is 86.7 cm³/mol. The highest BCUT2D eigenvalue weighted by Gasteiger charge is 2.30. The Morgan fingerprint density at radius 1 is 1.36 bits per heavy atom. The molecule has 0 spiro atoms. The van der Waals surface area contributed by atoms with Crippen molar-refractivity contribution >= 4 is 16.0 Å². The van der Waals surface area contributed by atoms with Crippen molar-refractivity contribution in [3.05, 3.63) is 41.3 Å². The maximum absolute atomic E-state index is 12.5. The molecule has 1 N–H and O–H groups in total. The van der Waals surface area contributed by atoms with Gasteiger partial charge in [-0.15, -0.1) is 0 Å². The first-order valence-corrected chi connectivity index (χ1v) is 9.17. The van der Waals surface area contributed by atoms with Gasteiger partial charge in [-0.3, -0.25) is 0 Å². The van der Waals surface area contributed by atoms with Gasteiger partial charge in [0, 0.05) is 12.1 Å². The van der Waals surface area contributed by atoms with Crippen LogP contribution in [0.5, 0.6) is 5.75 Å². The molecule has 0 amide bonds. The zero-order chi connectivity index (χ0) is 18.0. The molecule has 8 nitrogen and oxygen atoms in total. The van der Waals surface area contributed by atoms with Gasteiger partial charge in [-0.1, -0.05) is 5.16 Å². The molecule has 1 aliphatic carbocycles. The molecule has 1 heterocycles. The summed E-state index contributed by atoms with van der Waals surface area (Å²) in [5, 5.41) is 3.70. The van der Waals surface area contributed by atoms with E-state index in [1.54, 1.807) is 13.0 Å². The molecule has 0 aliphatic heterocycles. The first-order chi connectivity index (χ1) is 11.9. The summed E-state index contributed by atoms with van der Waals surface area (Å²) < 4.78 is 42.7. The van der Waals surface area contributed by atoms with Gasteiger partial charge < -0.3 is 14.0 Å². The lowest BCUT2D eigenvalue weighted by atomic mass is 10.2. The molecular weight excluding hydrogens is 348 g/mol. The molecule has 0 atom stereocenters. The summed E-state index contributed by atoms with van der Waals surface area (Å²) in [6, 6.07) is 5.72. The predicted octanol–water partition coefficient (Wildman–Crippen LogP) is 1.79. The standard InChI is InChI=1S/C16H18N2O6S/c1-10-7-13(24-17-10)9-23-16(19)11-3-6-14(22-2)15(8-11)25(20,21)18-12-4-5-12/h3,6-8,12,18H,4-5,9H2,1-2H3. The number of esters is 1. The second-order valence-corrected chi connectivity index (χ2v) is 7.45. The monoisotopic (exact) mass is 366 g/mol. The molecule has 3 rings (SSSR count). The molecule has 2 aromatic rings. The lowest BCUT2D eigenvalue weighted by molar-refractivity contribution is 0.0437. The Kier molecular flexibility index (Phi) is 4.78. The summed E-state index contributed by atoms with van der Waals surface area (Å²) in [6.07, 6.45) is 1.61. The average Bonchev–Trinajstić information content (AvgIpc) is 3.29. The minimum absolute atomic E-state index is 0.0556. The van der Waals surface area contributed by atoms with Crippen LogP contribution >= 0.6 is 0 Å². The highest BCUT2D eigenvalue weighted by Crippen LogP contribution is 2.28. The van der Waals surface area contributed by atoms with Gasteiger partial charge in [-0.25, -0.2) is 17.9 Å². The van der Waals surface area contributed by atoms with E-state index in [2.05, 4.69) is 9.88 Å². The van der Waals surface area contributed by atoms with Crippen LogP contribution in [0.15, 0.2) is 33.7 Å². The first kappa shape index (κ1) is 17.4. The minimum Gasteiger partial charge on any atom is -0.495 e. The van der Waals surface area contributed by atoms with Crippen molar-refractivity contribution in [2.75, 3.05) is 7.11 Å². The first-order valence-electron chi connectivity index (χ1n) is 7.69. The summed E-state index contributed by atoms with van der Waals surface area (Å²) in [7, 11) is -2.40. The Balaban J connectivity index is 1.79. The Morgan fingerprint density at radius 2 is 2.12 bits per heavy atom. The van der Waals surface area contributed by atoms with Crippen molar-refractivity contribution in [2.45, 2.75) is 37.3 Å². The molecule has 1 fully saturated rings. The quantitative estimate of drug-likeness (QED) is 0.744. The number of hydrogen-bond donors (Lipinski definition) is 1. The van der Waals surface area contributed by atoms with Crippen molar-refractivity contribution < 1.29 is 27.2 Å². The highest BCUT2D eigenvalue weighted by molar-refractivity contribution is 7.89. The molecule has 134 valence electrons. The van der Waals surface area contributed by atoms with Crippen molar-refractivity contribution in [3.63, 3.8) is 0 Å². The zero-order valence-electron chi connectivity index (χ0n) is 13.8. The Morgan fingerprint density at radius 3 is 2.72 bits per heavy atom. The molecule has 9 heteroatoms. The maximum atomic E-state index is 12.5. The maximum Gasteiger partial charge on any atom is 0.338 e. The number of sulfonamides is 1. The van der Waals surface area contributed by atoms with E-state index in [0.717, 1.165) is 12.8 Å². The van der Waals surface area contributed by atoms with E-state index in [4.69, 9.17) is 14.0 Å². The second-order valence-electron chi connectivity index (χ2n) is 5.77. The third-order valence-corrected chi connectivity index (χ3v) is 5.15. The van der Waals surface area contributed by atoms with Crippen molar-refractivity contribution in [1.29, 1.82) is 0 Å². The summed E-state index contributed by atoms with van der Waals surface area (Å²) >= 11 is 0. The number of aromatic nitrogens is 1. The number of rotatable bonds is 7. The second kappa shape index (κ2) is 6.85. The molecule has 1 aromatic carbocycles. The van der Waals surface area contributed by atoms with Crippen LogP contribution in [0.25, 0.3) is 0 Å². The number of carbonyl (C=O) groups is 1. The summed E-state index contributed by atoms with van der Waals surface area (Å²) in [5.74, 6) is -0.0993.